The number of aromatic nitrogens is 2. The molecule has 0 saturated carbocycles. The summed E-state index contributed by atoms with van der Waals surface area (Å²) in [6.07, 6.45) is 3.44. The maximum absolute atomic E-state index is 13.7. The molecule has 2 aromatic carbocycles. The van der Waals surface area contributed by atoms with Crippen LogP contribution < -0.4 is 23.8 Å². The first kappa shape index (κ1) is 21.0. The summed E-state index contributed by atoms with van der Waals surface area (Å²) in [5, 5.41) is 0.566. The number of rotatable bonds is 6. The van der Waals surface area contributed by atoms with Gasteiger partial charge in [0, 0.05) is 30.1 Å². The molecule has 0 saturated heterocycles. The van der Waals surface area contributed by atoms with Gasteiger partial charge in [0.2, 0.25) is 0 Å². The second kappa shape index (κ2) is 8.95. The molecule has 0 N–H and O–H groups in total. The number of benzene rings is 2. The molecule has 8 nitrogen and oxygen atoms in total. The Morgan fingerprint density at radius 2 is 1.85 bits per heavy atom. The number of ether oxygens (including phenoxy) is 4. The van der Waals surface area contributed by atoms with Crippen LogP contribution in [0.3, 0.4) is 0 Å². The Hall–Kier alpha value is -3.85. The topological polar surface area (TPSA) is 83.0 Å². The minimum atomic E-state index is -0.212. The second-order valence-corrected chi connectivity index (χ2v) is 8.29. The summed E-state index contributed by atoms with van der Waals surface area (Å²) in [5.74, 6) is 2.18. The standard InChI is InChI=1S/C24H21N3O5S/c1-29-18-6-5-16(10-19(18)30-2)23(28)27(14-15-4-3-7-25-13-15)24-26-17-11-20-21(12-22(17)33-24)32-9-8-31-20/h3-7,10-13H,8-9,14H2,1-2H3. The third-order valence-electron chi connectivity index (χ3n) is 5.21. The molecule has 0 unspecified atom stereocenters. The highest BCUT2D eigenvalue weighted by atomic mass is 32.1. The molecule has 0 spiro atoms. The molecular formula is C24H21N3O5S. The van der Waals surface area contributed by atoms with Crippen LogP contribution in [0.25, 0.3) is 10.2 Å². The first-order valence-corrected chi connectivity index (χ1v) is 11.1. The van der Waals surface area contributed by atoms with Gasteiger partial charge in [-0.3, -0.25) is 14.7 Å². The fraction of sp³-hybridized carbons (Fsp3) is 0.208. The van der Waals surface area contributed by atoms with E-state index in [2.05, 4.69) is 4.98 Å². The molecular weight excluding hydrogens is 442 g/mol. The van der Waals surface area contributed by atoms with E-state index in [0.717, 1.165) is 15.8 Å². The fourth-order valence-corrected chi connectivity index (χ4v) is 4.57. The normalized spacial score (nSPS) is 12.4. The molecule has 0 aliphatic carbocycles. The average Bonchev–Trinajstić information content (AvgIpc) is 3.28. The van der Waals surface area contributed by atoms with Crippen molar-refractivity contribution >= 4 is 32.6 Å². The highest BCUT2D eigenvalue weighted by Crippen LogP contribution is 2.39. The lowest BCUT2D eigenvalue weighted by molar-refractivity contribution is 0.0984. The Balaban J connectivity index is 1.56. The van der Waals surface area contributed by atoms with Crippen molar-refractivity contribution in [1.82, 2.24) is 9.97 Å². The van der Waals surface area contributed by atoms with Crippen molar-refractivity contribution in [3.8, 4) is 23.0 Å². The number of pyridine rings is 1. The van der Waals surface area contributed by atoms with Crippen LogP contribution in [0.15, 0.2) is 54.9 Å². The zero-order valence-electron chi connectivity index (χ0n) is 18.1. The van der Waals surface area contributed by atoms with Gasteiger partial charge in [-0.05, 0) is 29.8 Å². The van der Waals surface area contributed by atoms with Crippen LogP contribution in [0, 0.1) is 0 Å². The van der Waals surface area contributed by atoms with Gasteiger partial charge in [0.25, 0.3) is 5.91 Å². The molecule has 2 aromatic heterocycles. The largest absolute Gasteiger partial charge is 0.493 e. The number of nitrogens with zero attached hydrogens (tertiary/aromatic N) is 3. The predicted molar refractivity (Wildman–Crippen MR) is 125 cm³/mol. The van der Waals surface area contributed by atoms with Crippen LogP contribution >= 0.6 is 11.3 Å². The number of fused-ring (bicyclic) bond motifs is 2. The maximum atomic E-state index is 13.7. The molecule has 3 heterocycles. The number of methoxy groups -OCH3 is 2. The van der Waals surface area contributed by atoms with E-state index in [-0.39, 0.29) is 5.91 Å². The lowest BCUT2D eigenvalue weighted by atomic mass is 10.1. The monoisotopic (exact) mass is 463 g/mol. The van der Waals surface area contributed by atoms with E-state index in [1.54, 1.807) is 49.7 Å². The number of hydrogen-bond donors (Lipinski definition) is 0. The molecule has 33 heavy (non-hydrogen) atoms. The minimum Gasteiger partial charge on any atom is -0.493 e. The number of amides is 1. The van der Waals surface area contributed by atoms with Gasteiger partial charge in [0.05, 0.1) is 31.0 Å². The quantitative estimate of drug-likeness (QED) is 0.421. The lowest BCUT2D eigenvalue weighted by Crippen LogP contribution is -2.30. The van der Waals surface area contributed by atoms with Crippen molar-refractivity contribution in [2.45, 2.75) is 6.54 Å². The van der Waals surface area contributed by atoms with Crippen LogP contribution in [-0.2, 0) is 6.54 Å². The summed E-state index contributed by atoms with van der Waals surface area (Å²) in [5.41, 5.74) is 2.09. The number of thiazole rings is 1. The Kier molecular flexibility index (Phi) is 5.70. The van der Waals surface area contributed by atoms with Crippen LogP contribution in [-0.4, -0.2) is 43.3 Å². The van der Waals surface area contributed by atoms with Crippen LogP contribution in [0.5, 0.6) is 23.0 Å². The van der Waals surface area contributed by atoms with Crippen molar-refractivity contribution in [1.29, 1.82) is 0 Å². The van der Waals surface area contributed by atoms with Crippen LogP contribution in [0.1, 0.15) is 15.9 Å². The molecule has 0 radical (unpaired) electrons. The molecule has 4 aromatic rings. The first-order chi connectivity index (χ1) is 16.2. The molecule has 0 bridgehead atoms. The molecule has 0 atom stereocenters. The summed E-state index contributed by atoms with van der Waals surface area (Å²) in [4.78, 5) is 24.3. The van der Waals surface area contributed by atoms with Crippen LogP contribution in [0.2, 0.25) is 0 Å². The Morgan fingerprint density at radius 1 is 1.06 bits per heavy atom. The van der Waals surface area contributed by atoms with Crippen molar-refractivity contribution in [3.05, 3.63) is 66.0 Å². The van der Waals surface area contributed by atoms with E-state index in [4.69, 9.17) is 23.9 Å². The van der Waals surface area contributed by atoms with Crippen molar-refractivity contribution in [2.24, 2.45) is 0 Å². The van der Waals surface area contributed by atoms with Gasteiger partial charge in [0.1, 0.15) is 13.2 Å². The predicted octanol–water partition coefficient (Wildman–Crippen LogP) is 4.33. The van der Waals surface area contributed by atoms with E-state index in [1.165, 1.54) is 11.3 Å². The highest BCUT2D eigenvalue weighted by Gasteiger charge is 2.24. The van der Waals surface area contributed by atoms with Crippen molar-refractivity contribution in [2.75, 3.05) is 32.3 Å². The van der Waals surface area contributed by atoms with Gasteiger partial charge in [-0.25, -0.2) is 4.98 Å². The summed E-state index contributed by atoms with van der Waals surface area (Å²) < 4.78 is 23.0. The Bertz CT molecular complexity index is 1270. The number of carbonyl (C=O) groups excluding carboxylic acids is 1. The van der Waals surface area contributed by atoms with Crippen molar-refractivity contribution < 1.29 is 23.7 Å². The summed E-state index contributed by atoms with van der Waals surface area (Å²) >= 11 is 1.42. The molecule has 1 amide bonds. The number of hydrogen-bond acceptors (Lipinski definition) is 8. The average molecular weight is 464 g/mol. The first-order valence-electron chi connectivity index (χ1n) is 10.3. The van der Waals surface area contributed by atoms with E-state index in [1.807, 2.05) is 24.3 Å². The van der Waals surface area contributed by atoms with E-state index < -0.39 is 0 Å². The molecule has 1 aliphatic heterocycles. The molecule has 5 rings (SSSR count). The zero-order chi connectivity index (χ0) is 22.8. The zero-order valence-corrected chi connectivity index (χ0v) is 18.9. The van der Waals surface area contributed by atoms with Gasteiger partial charge in [-0.15, -0.1) is 0 Å². The van der Waals surface area contributed by atoms with Gasteiger partial charge in [-0.1, -0.05) is 17.4 Å². The maximum Gasteiger partial charge on any atom is 0.260 e. The Labute approximate surface area is 194 Å². The molecule has 9 heteroatoms. The second-order valence-electron chi connectivity index (χ2n) is 7.28. The third kappa shape index (κ3) is 4.14. The summed E-state index contributed by atoms with van der Waals surface area (Å²) in [6, 6.07) is 12.6. The van der Waals surface area contributed by atoms with E-state index in [9.17, 15) is 4.79 Å². The fourth-order valence-electron chi connectivity index (χ4n) is 3.59. The smallest absolute Gasteiger partial charge is 0.260 e. The van der Waals surface area contributed by atoms with E-state index in [0.29, 0.717) is 53.5 Å². The number of carbonyl (C=O) groups is 1. The molecule has 0 fully saturated rings. The highest BCUT2D eigenvalue weighted by molar-refractivity contribution is 7.22. The lowest BCUT2D eigenvalue weighted by Gasteiger charge is -2.20. The van der Waals surface area contributed by atoms with Gasteiger partial charge in [-0.2, -0.15) is 0 Å². The van der Waals surface area contributed by atoms with Gasteiger partial charge >= 0.3 is 0 Å². The summed E-state index contributed by atoms with van der Waals surface area (Å²) in [6.45, 7) is 1.32. The minimum absolute atomic E-state index is 0.212. The van der Waals surface area contributed by atoms with E-state index >= 15 is 0 Å². The van der Waals surface area contributed by atoms with Gasteiger partial charge < -0.3 is 18.9 Å². The SMILES string of the molecule is COc1ccc(C(=O)N(Cc2cccnc2)c2nc3cc4c(cc3s2)OCCO4)cc1OC. The summed E-state index contributed by atoms with van der Waals surface area (Å²) in [7, 11) is 3.10. The Morgan fingerprint density at radius 3 is 2.58 bits per heavy atom. The third-order valence-corrected chi connectivity index (χ3v) is 6.25. The molecule has 1 aliphatic rings. The number of anilines is 1. The molecule has 168 valence electrons. The van der Waals surface area contributed by atoms with Gasteiger partial charge in [0.15, 0.2) is 28.1 Å². The van der Waals surface area contributed by atoms with Crippen LogP contribution in [0.4, 0.5) is 5.13 Å². The van der Waals surface area contributed by atoms with Crippen molar-refractivity contribution in [3.63, 3.8) is 0 Å².